The maximum absolute atomic E-state index is 6.80. The van der Waals surface area contributed by atoms with E-state index in [-0.39, 0.29) is 0 Å². The zero-order valence-corrected chi connectivity index (χ0v) is 36.8. The first-order valence-corrected chi connectivity index (χ1v) is 22.7. The monoisotopic (exact) mass is 869 g/mol. The summed E-state index contributed by atoms with van der Waals surface area (Å²) in [6, 6.07) is 68.2. The Morgan fingerprint density at radius 1 is 0.379 bits per heavy atom. The second-order valence-electron chi connectivity index (χ2n) is 16.7. The molecule has 0 unspecified atom stereocenters. The number of ether oxygens (including phenoxy) is 1. The molecule has 9 heteroatoms. The van der Waals surface area contributed by atoms with Gasteiger partial charge in [-0.05, 0) is 66.9 Å². The van der Waals surface area contributed by atoms with Gasteiger partial charge in [-0.3, -0.25) is 4.90 Å². The molecule has 0 N–H and O–H groups in total. The first-order chi connectivity index (χ1) is 32.4. The third-order valence-electron chi connectivity index (χ3n) is 12.0. The molecule has 0 amide bonds. The molecule has 66 heavy (non-hydrogen) atoms. The van der Waals surface area contributed by atoms with E-state index in [0.29, 0.717) is 35.1 Å². The van der Waals surface area contributed by atoms with Crippen molar-refractivity contribution in [2.45, 2.75) is 29.2 Å². The van der Waals surface area contributed by atoms with Crippen molar-refractivity contribution in [1.29, 1.82) is 0 Å². The predicted octanol–water partition coefficient (Wildman–Crippen LogP) is 14.3. The minimum Gasteiger partial charge on any atom is -0.482 e. The Bertz CT molecular complexity index is 3370. The van der Waals surface area contributed by atoms with Crippen LogP contribution in [0.15, 0.2) is 210 Å². The van der Waals surface area contributed by atoms with Crippen molar-refractivity contribution in [2.75, 3.05) is 4.90 Å². The van der Waals surface area contributed by atoms with Crippen molar-refractivity contribution >= 4 is 29.1 Å². The lowest BCUT2D eigenvalue weighted by molar-refractivity contribution is 0.106. The first kappa shape index (κ1) is 39.3. The van der Waals surface area contributed by atoms with Crippen molar-refractivity contribution < 1.29 is 4.74 Å². The smallest absolute Gasteiger partial charge is 0.238 e. The number of aromatic nitrogens is 6. The van der Waals surface area contributed by atoms with Crippen LogP contribution in [0, 0.1) is 0 Å². The molecule has 314 valence electrons. The topological polar surface area (TPSA) is 89.8 Å². The summed E-state index contributed by atoms with van der Waals surface area (Å²) in [6.45, 7) is 4.24. The Hall–Kier alpha value is -8.27. The maximum Gasteiger partial charge on any atom is 0.238 e. The molecule has 4 heterocycles. The van der Waals surface area contributed by atoms with Gasteiger partial charge in [0.1, 0.15) is 11.4 Å². The molecule has 0 bridgehead atoms. The number of para-hydroxylation sites is 2. The van der Waals surface area contributed by atoms with Crippen molar-refractivity contribution in [3.05, 3.63) is 206 Å². The fourth-order valence-corrected chi connectivity index (χ4v) is 9.91. The predicted molar refractivity (Wildman–Crippen MR) is 264 cm³/mol. The van der Waals surface area contributed by atoms with Crippen LogP contribution in [-0.4, -0.2) is 29.9 Å². The average Bonchev–Trinajstić information content (AvgIpc) is 3.38. The lowest BCUT2D eigenvalue weighted by Gasteiger charge is -2.35. The molecule has 0 spiro atoms. The van der Waals surface area contributed by atoms with Crippen LogP contribution in [0.2, 0.25) is 0 Å². The van der Waals surface area contributed by atoms with Crippen molar-refractivity contribution in [3.8, 4) is 84.9 Å². The van der Waals surface area contributed by atoms with Gasteiger partial charge in [-0.15, -0.1) is 0 Å². The molecule has 8 aromatic carbocycles. The molecule has 0 saturated carbocycles. The summed E-state index contributed by atoms with van der Waals surface area (Å²) >= 11 is 1.74. The van der Waals surface area contributed by atoms with Crippen LogP contribution in [0.3, 0.4) is 0 Å². The van der Waals surface area contributed by atoms with Gasteiger partial charge < -0.3 is 4.74 Å². The van der Waals surface area contributed by atoms with E-state index in [4.69, 9.17) is 34.6 Å². The second-order valence-corrected chi connectivity index (χ2v) is 17.8. The SMILES string of the molecule is CC1(C)Oc2cc(-c3ccc(-c4nc(-c5ccccc5)nc(N5c6ccccc6Sc6ccccc65)n4)cc3-c3nc(-c4ccccc4)nc(-c4ccccc4)n3)ccc2-c2ccccc21. The zero-order chi connectivity index (χ0) is 44.2. The Morgan fingerprint density at radius 3 is 1.45 bits per heavy atom. The summed E-state index contributed by atoms with van der Waals surface area (Å²) in [5.74, 6) is 4.03. The molecule has 10 aromatic rings. The third-order valence-corrected chi connectivity index (χ3v) is 13.2. The first-order valence-electron chi connectivity index (χ1n) is 21.9. The molecule has 2 aromatic heterocycles. The van der Waals surface area contributed by atoms with Gasteiger partial charge in [-0.1, -0.05) is 176 Å². The van der Waals surface area contributed by atoms with Gasteiger partial charge in [0.25, 0.3) is 0 Å². The fourth-order valence-electron chi connectivity index (χ4n) is 8.85. The lowest BCUT2D eigenvalue weighted by atomic mass is 9.85. The Labute approximate surface area is 386 Å². The highest BCUT2D eigenvalue weighted by Crippen LogP contribution is 2.51. The number of rotatable bonds is 7. The number of anilines is 3. The number of nitrogens with zero attached hydrogens (tertiary/aromatic N) is 7. The number of benzene rings is 8. The molecule has 2 aliphatic heterocycles. The Balaban J connectivity index is 1.09. The molecule has 0 fully saturated rings. The van der Waals surface area contributed by atoms with Gasteiger partial charge in [-0.25, -0.2) is 19.9 Å². The largest absolute Gasteiger partial charge is 0.482 e. The lowest BCUT2D eigenvalue weighted by Crippen LogP contribution is -2.29. The van der Waals surface area contributed by atoms with E-state index < -0.39 is 5.60 Å². The summed E-state index contributed by atoms with van der Waals surface area (Å²) in [5, 5.41) is 0. The Morgan fingerprint density at radius 2 is 0.848 bits per heavy atom. The zero-order valence-electron chi connectivity index (χ0n) is 36.0. The average molecular weight is 870 g/mol. The van der Waals surface area contributed by atoms with Gasteiger partial charge in [-0.2, -0.15) is 9.97 Å². The normalized spacial score (nSPS) is 13.2. The van der Waals surface area contributed by atoms with Crippen LogP contribution in [-0.2, 0) is 5.60 Å². The van der Waals surface area contributed by atoms with Crippen LogP contribution in [0.1, 0.15) is 19.4 Å². The Kier molecular flexibility index (Phi) is 9.57. The number of fused-ring (bicyclic) bond motifs is 5. The van der Waals surface area contributed by atoms with Gasteiger partial charge >= 0.3 is 0 Å². The molecule has 0 atom stereocenters. The minimum atomic E-state index is -0.529. The molecular formula is C57H39N7OS. The highest BCUT2D eigenvalue weighted by Gasteiger charge is 2.33. The van der Waals surface area contributed by atoms with Crippen LogP contribution in [0.25, 0.3) is 79.2 Å². The molecule has 2 aliphatic rings. The van der Waals surface area contributed by atoms with E-state index in [1.54, 1.807) is 11.8 Å². The standard InChI is InChI=1S/C57H39N7OS/c1-57(2)45-25-13-12-24-42(45)43-33-30-39(35-48(43)65-57)41-32-31-40(34-44(41)55-60-51(36-18-6-3-7-19-36)58-52(61-55)37-20-8-4-9-21-37)54-59-53(38-22-10-5-11-23-38)62-56(63-54)64-46-26-14-16-28-49(46)66-50-29-17-15-27-47(50)64/h3-35H,1-2H3. The maximum atomic E-state index is 6.80. The third kappa shape index (κ3) is 7.06. The van der Waals surface area contributed by atoms with E-state index in [1.807, 2.05) is 91.0 Å². The van der Waals surface area contributed by atoms with Gasteiger partial charge in [0.2, 0.25) is 5.95 Å². The minimum absolute atomic E-state index is 0.507. The molecule has 12 rings (SSSR count). The van der Waals surface area contributed by atoms with Crippen LogP contribution in [0.4, 0.5) is 17.3 Å². The second kappa shape index (κ2) is 16.1. The number of hydrogen-bond donors (Lipinski definition) is 0. The highest BCUT2D eigenvalue weighted by molar-refractivity contribution is 7.99. The molecule has 0 saturated heterocycles. The van der Waals surface area contributed by atoms with Crippen LogP contribution in [0.5, 0.6) is 5.75 Å². The molecule has 8 nitrogen and oxygen atoms in total. The van der Waals surface area contributed by atoms with Crippen molar-refractivity contribution in [3.63, 3.8) is 0 Å². The van der Waals surface area contributed by atoms with Gasteiger partial charge in [0, 0.05) is 48.7 Å². The van der Waals surface area contributed by atoms with Crippen LogP contribution >= 0.6 is 11.8 Å². The summed E-state index contributed by atoms with van der Waals surface area (Å²) in [4.78, 5) is 35.7. The van der Waals surface area contributed by atoms with E-state index in [1.165, 1.54) is 5.56 Å². The van der Waals surface area contributed by atoms with Gasteiger partial charge in [0.15, 0.2) is 29.1 Å². The van der Waals surface area contributed by atoms with Crippen molar-refractivity contribution in [1.82, 2.24) is 29.9 Å². The number of hydrogen-bond acceptors (Lipinski definition) is 9. The molecule has 0 radical (unpaired) electrons. The molecule has 0 aliphatic carbocycles. The van der Waals surface area contributed by atoms with E-state index in [2.05, 4.69) is 128 Å². The summed E-state index contributed by atoms with van der Waals surface area (Å²) < 4.78 is 6.80. The van der Waals surface area contributed by atoms with E-state index >= 15 is 0 Å². The van der Waals surface area contributed by atoms with Crippen molar-refractivity contribution in [2.24, 2.45) is 0 Å². The fraction of sp³-hybridized carbons (Fsp3) is 0.0526. The van der Waals surface area contributed by atoms with E-state index in [0.717, 1.165) is 77.0 Å². The van der Waals surface area contributed by atoms with Crippen LogP contribution < -0.4 is 9.64 Å². The highest BCUT2D eigenvalue weighted by atomic mass is 32.2. The summed E-state index contributed by atoms with van der Waals surface area (Å²) in [7, 11) is 0. The summed E-state index contributed by atoms with van der Waals surface area (Å²) in [6.07, 6.45) is 0. The van der Waals surface area contributed by atoms with E-state index in [9.17, 15) is 0 Å². The quantitative estimate of drug-likeness (QED) is 0.155. The molecular weight excluding hydrogens is 831 g/mol. The van der Waals surface area contributed by atoms with Gasteiger partial charge in [0.05, 0.1) is 11.4 Å². The summed E-state index contributed by atoms with van der Waals surface area (Å²) in [5.41, 5.74) is 10.9.